The van der Waals surface area contributed by atoms with Crippen molar-refractivity contribution in [2.24, 2.45) is 0 Å². The number of carbonyl (C=O) groups is 1. The van der Waals surface area contributed by atoms with Crippen LogP contribution in [0.15, 0.2) is 97.3 Å². The van der Waals surface area contributed by atoms with Gasteiger partial charge in [-0.3, -0.25) is 9.48 Å². The molecule has 132 valence electrons. The van der Waals surface area contributed by atoms with Gasteiger partial charge in [0, 0.05) is 11.8 Å². The first-order valence-electron chi connectivity index (χ1n) is 8.81. The number of benzene rings is 3. The predicted molar refractivity (Wildman–Crippen MR) is 108 cm³/mol. The lowest BCUT2D eigenvalue weighted by Crippen LogP contribution is -2.11. The van der Waals surface area contributed by atoms with Gasteiger partial charge < -0.3 is 5.32 Å². The molecule has 4 nitrogen and oxygen atoms in total. The fourth-order valence-corrected chi connectivity index (χ4v) is 2.93. The van der Waals surface area contributed by atoms with Crippen molar-refractivity contribution < 1.29 is 4.79 Å². The molecule has 0 aliphatic heterocycles. The highest BCUT2D eigenvalue weighted by Gasteiger charge is 2.08. The topological polar surface area (TPSA) is 46.9 Å². The van der Waals surface area contributed by atoms with E-state index in [0.717, 1.165) is 16.7 Å². The monoisotopic (exact) mass is 353 g/mol. The number of rotatable bonds is 5. The lowest BCUT2D eigenvalue weighted by atomic mass is 10.0. The summed E-state index contributed by atoms with van der Waals surface area (Å²) in [6.45, 7) is 0.669. The van der Waals surface area contributed by atoms with E-state index in [4.69, 9.17) is 0 Å². The molecule has 3 aromatic carbocycles. The SMILES string of the molecule is O=C(Nc1cnn(Cc2ccccc2)c1)c1ccc(-c2ccccc2)cc1. The molecule has 1 N–H and O–H groups in total. The van der Waals surface area contributed by atoms with Gasteiger partial charge in [0.25, 0.3) is 5.91 Å². The van der Waals surface area contributed by atoms with E-state index in [0.29, 0.717) is 17.8 Å². The van der Waals surface area contributed by atoms with Crippen LogP contribution in [0.25, 0.3) is 11.1 Å². The van der Waals surface area contributed by atoms with Gasteiger partial charge in [0.2, 0.25) is 0 Å². The zero-order valence-electron chi connectivity index (χ0n) is 14.7. The Kier molecular flexibility index (Phi) is 4.79. The van der Waals surface area contributed by atoms with Crippen LogP contribution in [0.4, 0.5) is 5.69 Å². The smallest absolute Gasteiger partial charge is 0.255 e. The molecule has 4 rings (SSSR count). The molecule has 1 amide bonds. The van der Waals surface area contributed by atoms with Gasteiger partial charge in [-0.25, -0.2) is 0 Å². The first-order chi connectivity index (χ1) is 13.3. The van der Waals surface area contributed by atoms with Crippen molar-refractivity contribution in [3.05, 3.63) is 108 Å². The number of hydrogen-bond acceptors (Lipinski definition) is 2. The molecular weight excluding hydrogens is 334 g/mol. The number of aromatic nitrogens is 2. The second-order valence-electron chi connectivity index (χ2n) is 6.31. The van der Waals surface area contributed by atoms with Gasteiger partial charge in [-0.15, -0.1) is 0 Å². The third-order valence-electron chi connectivity index (χ3n) is 4.33. The lowest BCUT2D eigenvalue weighted by Gasteiger charge is -2.05. The Morgan fingerprint density at radius 3 is 2.15 bits per heavy atom. The fourth-order valence-electron chi connectivity index (χ4n) is 2.93. The Hall–Kier alpha value is -3.66. The number of carbonyl (C=O) groups excluding carboxylic acids is 1. The Bertz CT molecular complexity index is 1020. The molecule has 0 saturated heterocycles. The van der Waals surface area contributed by atoms with Crippen molar-refractivity contribution in [3.8, 4) is 11.1 Å². The third-order valence-corrected chi connectivity index (χ3v) is 4.33. The average molecular weight is 353 g/mol. The zero-order chi connectivity index (χ0) is 18.5. The quantitative estimate of drug-likeness (QED) is 0.557. The van der Waals surface area contributed by atoms with E-state index in [1.807, 2.05) is 83.7 Å². The van der Waals surface area contributed by atoms with Crippen LogP contribution >= 0.6 is 0 Å². The highest BCUT2D eigenvalue weighted by molar-refractivity contribution is 6.04. The molecule has 0 aliphatic rings. The van der Waals surface area contributed by atoms with Gasteiger partial charge in [-0.2, -0.15) is 5.10 Å². The Labute approximate surface area is 158 Å². The molecule has 0 unspecified atom stereocenters. The van der Waals surface area contributed by atoms with Crippen molar-refractivity contribution in [2.45, 2.75) is 6.54 Å². The number of anilines is 1. The molecule has 27 heavy (non-hydrogen) atoms. The van der Waals surface area contributed by atoms with Crippen LogP contribution in [0.2, 0.25) is 0 Å². The first-order valence-corrected chi connectivity index (χ1v) is 8.81. The van der Waals surface area contributed by atoms with Crippen LogP contribution in [0.3, 0.4) is 0 Å². The second-order valence-corrected chi connectivity index (χ2v) is 6.31. The summed E-state index contributed by atoms with van der Waals surface area (Å²) in [5, 5.41) is 7.22. The van der Waals surface area contributed by atoms with E-state index in [1.165, 1.54) is 0 Å². The van der Waals surface area contributed by atoms with Gasteiger partial charge in [-0.05, 0) is 28.8 Å². The summed E-state index contributed by atoms with van der Waals surface area (Å²) >= 11 is 0. The molecule has 0 spiro atoms. The van der Waals surface area contributed by atoms with Crippen molar-refractivity contribution >= 4 is 11.6 Å². The molecule has 4 heteroatoms. The van der Waals surface area contributed by atoms with Crippen LogP contribution < -0.4 is 5.32 Å². The molecule has 0 fully saturated rings. The summed E-state index contributed by atoms with van der Waals surface area (Å²) in [6, 6.07) is 27.8. The summed E-state index contributed by atoms with van der Waals surface area (Å²) in [5.74, 6) is -0.145. The summed E-state index contributed by atoms with van der Waals surface area (Å²) in [7, 11) is 0. The van der Waals surface area contributed by atoms with Crippen LogP contribution in [0, 0.1) is 0 Å². The predicted octanol–water partition coefficient (Wildman–Crippen LogP) is 4.85. The minimum atomic E-state index is -0.145. The largest absolute Gasteiger partial charge is 0.319 e. The van der Waals surface area contributed by atoms with E-state index in [-0.39, 0.29) is 5.91 Å². The molecule has 4 aromatic rings. The maximum absolute atomic E-state index is 12.5. The van der Waals surface area contributed by atoms with E-state index < -0.39 is 0 Å². The lowest BCUT2D eigenvalue weighted by molar-refractivity contribution is 0.102. The molecule has 0 atom stereocenters. The Balaban J connectivity index is 1.42. The van der Waals surface area contributed by atoms with Crippen LogP contribution in [0.5, 0.6) is 0 Å². The van der Waals surface area contributed by atoms with E-state index >= 15 is 0 Å². The summed E-state index contributed by atoms with van der Waals surface area (Å²) < 4.78 is 1.81. The molecular formula is C23H19N3O. The van der Waals surface area contributed by atoms with Crippen molar-refractivity contribution in [2.75, 3.05) is 5.32 Å². The van der Waals surface area contributed by atoms with Crippen LogP contribution in [0.1, 0.15) is 15.9 Å². The van der Waals surface area contributed by atoms with Crippen molar-refractivity contribution in [1.29, 1.82) is 0 Å². The van der Waals surface area contributed by atoms with Crippen LogP contribution in [-0.4, -0.2) is 15.7 Å². The normalized spacial score (nSPS) is 10.5. The van der Waals surface area contributed by atoms with E-state index in [2.05, 4.69) is 22.5 Å². The zero-order valence-corrected chi connectivity index (χ0v) is 14.7. The summed E-state index contributed by atoms with van der Waals surface area (Å²) in [5.41, 5.74) is 4.68. The molecule has 0 radical (unpaired) electrons. The van der Waals surface area contributed by atoms with E-state index in [9.17, 15) is 4.79 Å². The number of nitrogens with one attached hydrogen (secondary N) is 1. The molecule has 0 bridgehead atoms. The van der Waals surface area contributed by atoms with Gasteiger partial charge in [-0.1, -0.05) is 72.8 Å². The molecule has 1 heterocycles. The standard InChI is InChI=1S/C23H19N3O/c27-23(21-13-11-20(12-14-21)19-9-5-2-6-10-19)25-22-15-24-26(17-22)16-18-7-3-1-4-8-18/h1-15,17H,16H2,(H,25,27). The highest BCUT2D eigenvalue weighted by atomic mass is 16.1. The average Bonchev–Trinajstić information content (AvgIpc) is 3.16. The van der Waals surface area contributed by atoms with Gasteiger partial charge in [0.1, 0.15) is 0 Å². The third kappa shape index (κ3) is 4.12. The number of hydrogen-bond donors (Lipinski definition) is 1. The summed E-state index contributed by atoms with van der Waals surface area (Å²) in [4.78, 5) is 12.5. The summed E-state index contributed by atoms with van der Waals surface area (Å²) in [6.07, 6.45) is 3.50. The van der Waals surface area contributed by atoms with Gasteiger partial charge in [0.15, 0.2) is 0 Å². The van der Waals surface area contributed by atoms with Crippen molar-refractivity contribution in [3.63, 3.8) is 0 Å². The minimum absolute atomic E-state index is 0.145. The van der Waals surface area contributed by atoms with Crippen molar-refractivity contribution in [1.82, 2.24) is 9.78 Å². The second kappa shape index (κ2) is 7.70. The number of amides is 1. The highest BCUT2D eigenvalue weighted by Crippen LogP contribution is 2.19. The Morgan fingerprint density at radius 2 is 1.44 bits per heavy atom. The Morgan fingerprint density at radius 1 is 0.815 bits per heavy atom. The van der Waals surface area contributed by atoms with Gasteiger partial charge in [0.05, 0.1) is 18.4 Å². The maximum Gasteiger partial charge on any atom is 0.255 e. The van der Waals surface area contributed by atoms with Gasteiger partial charge >= 0.3 is 0 Å². The first kappa shape index (κ1) is 16.8. The fraction of sp³-hybridized carbons (Fsp3) is 0.0435. The minimum Gasteiger partial charge on any atom is -0.319 e. The molecule has 1 aromatic heterocycles. The van der Waals surface area contributed by atoms with E-state index in [1.54, 1.807) is 6.20 Å². The maximum atomic E-state index is 12.5. The molecule has 0 aliphatic carbocycles. The molecule has 0 saturated carbocycles. The number of nitrogens with zero attached hydrogens (tertiary/aromatic N) is 2. The van der Waals surface area contributed by atoms with Crippen LogP contribution in [-0.2, 0) is 6.54 Å².